The van der Waals surface area contributed by atoms with Gasteiger partial charge >= 0.3 is 0 Å². The number of aldehydes is 4. The predicted octanol–water partition coefficient (Wildman–Crippen LogP) is 1.82. The van der Waals surface area contributed by atoms with Crippen LogP contribution in [0.25, 0.3) is 0 Å². The summed E-state index contributed by atoms with van der Waals surface area (Å²) < 4.78 is 1.34. The molecule has 0 atom stereocenters. The number of nitrogens with zero attached hydrogens (tertiary/aromatic N) is 2. The van der Waals surface area contributed by atoms with Crippen LogP contribution in [-0.4, -0.2) is 45.8 Å². The lowest BCUT2D eigenvalue weighted by Crippen LogP contribution is -2.03. The van der Waals surface area contributed by atoms with Gasteiger partial charge in [0, 0.05) is 36.2 Å². The average Bonchev–Trinajstić information content (AvgIpc) is 2.87. The molecule has 0 N–H and O–H groups in total. The third kappa shape index (κ3) is 6.96. The van der Waals surface area contributed by atoms with Crippen molar-refractivity contribution < 1.29 is 19.2 Å². The van der Waals surface area contributed by atoms with Crippen LogP contribution < -0.4 is 0 Å². The molecule has 0 aliphatic heterocycles. The molecule has 6 nitrogen and oxygen atoms in total. The molecule has 1 aromatic rings. The second kappa shape index (κ2) is 10.6. The summed E-state index contributed by atoms with van der Waals surface area (Å²) in [4.78, 5) is 42.2. The van der Waals surface area contributed by atoms with Gasteiger partial charge in [-0.2, -0.15) is 0 Å². The largest absolute Gasteiger partial charge is 0.303 e. The van der Waals surface area contributed by atoms with Gasteiger partial charge in [0.25, 0.3) is 0 Å². The van der Waals surface area contributed by atoms with Crippen LogP contribution in [-0.2, 0) is 19.2 Å². The zero-order valence-electron chi connectivity index (χ0n) is 11.0. The first-order chi connectivity index (χ1) is 10.2. The quantitative estimate of drug-likeness (QED) is 0.418. The number of aromatic nitrogens is 2. The van der Waals surface area contributed by atoms with E-state index < -0.39 is 0 Å². The maximum atomic E-state index is 10.5. The minimum absolute atomic E-state index is 0.133. The monoisotopic (exact) mass is 346 g/mol. The van der Waals surface area contributed by atoms with E-state index >= 15 is 0 Å². The number of rotatable bonds is 12. The fourth-order valence-corrected chi connectivity index (χ4v) is 4.98. The summed E-state index contributed by atoms with van der Waals surface area (Å²) in [5.74, 6) is 0. The Morgan fingerprint density at radius 1 is 0.762 bits per heavy atom. The van der Waals surface area contributed by atoms with Crippen molar-refractivity contribution in [3.8, 4) is 0 Å². The second-order valence-electron chi connectivity index (χ2n) is 3.92. The van der Waals surface area contributed by atoms with E-state index in [9.17, 15) is 19.2 Å². The minimum Gasteiger partial charge on any atom is -0.303 e. The van der Waals surface area contributed by atoms with E-state index in [1.165, 1.54) is 34.9 Å². The smallest absolute Gasteiger partial charge is 0.175 e. The van der Waals surface area contributed by atoms with Crippen molar-refractivity contribution in [3.05, 3.63) is 0 Å². The Bertz CT molecular complexity index is 420. The van der Waals surface area contributed by atoms with E-state index in [0.29, 0.717) is 8.68 Å². The summed E-state index contributed by atoms with van der Waals surface area (Å²) in [6, 6.07) is 0. The molecule has 0 aliphatic carbocycles. The van der Waals surface area contributed by atoms with Crippen LogP contribution in [0, 0.1) is 0 Å². The second-order valence-corrected chi connectivity index (χ2v) is 8.00. The molecule has 0 fully saturated rings. The van der Waals surface area contributed by atoms with Crippen LogP contribution in [0.1, 0.15) is 25.7 Å². The number of carbonyl (C=O) groups is 4. The molecule has 1 rings (SSSR count). The van der Waals surface area contributed by atoms with Crippen LogP contribution in [0.2, 0.25) is 0 Å². The molecule has 1 aromatic heterocycles. The highest BCUT2D eigenvalue weighted by molar-refractivity contribution is 8.03. The number of thioether (sulfide) groups is 2. The van der Waals surface area contributed by atoms with Gasteiger partial charge in [-0.15, -0.1) is 10.2 Å². The van der Waals surface area contributed by atoms with E-state index in [1.807, 2.05) is 0 Å². The van der Waals surface area contributed by atoms with Crippen molar-refractivity contribution in [3.63, 3.8) is 0 Å². The van der Waals surface area contributed by atoms with Gasteiger partial charge in [0.05, 0.1) is 0 Å². The molecule has 0 radical (unpaired) electrons. The molecular formula is C12H14N2O4S3. The third-order valence-corrected chi connectivity index (χ3v) is 5.95. The Balaban J connectivity index is 2.61. The molecule has 0 saturated carbocycles. The zero-order valence-corrected chi connectivity index (χ0v) is 13.5. The number of hydrogen-bond acceptors (Lipinski definition) is 9. The SMILES string of the molecule is O=CCC(CC=O)Sc1nnc(SC(CC=O)CC=O)s1. The Morgan fingerprint density at radius 2 is 1.10 bits per heavy atom. The lowest BCUT2D eigenvalue weighted by molar-refractivity contribution is -0.110. The Morgan fingerprint density at radius 3 is 1.38 bits per heavy atom. The first-order valence-electron chi connectivity index (χ1n) is 6.14. The molecule has 9 heteroatoms. The summed E-state index contributed by atoms with van der Waals surface area (Å²) in [7, 11) is 0. The predicted molar refractivity (Wildman–Crippen MR) is 81.9 cm³/mol. The van der Waals surface area contributed by atoms with Crippen molar-refractivity contribution in [1.82, 2.24) is 10.2 Å². The van der Waals surface area contributed by atoms with Gasteiger partial charge in [-0.05, 0) is 0 Å². The Hall–Kier alpha value is -1.06. The van der Waals surface area contributed by atoms with E-state index in [-0.39, 0.29) is 36.2 Å². The fraction of sp³-hybridized carbons (Fsp3) is 0.500. The van der Waals surface area contributed by atoms with Crippen molar-refractivity contribution in [1.29, 1.82) is 0 Å². The highest BCUT2D eigenvalue weighted by atomic mass is 32.2. The van der Waals surface area contributed by atoms with Crippen molar-refractivity contribution >= 4 is 60.0 Å². The van der Waals surface area contributed by atoms with Crippen molar-refractivity contribution in [2.45, 2.75) is 44.9 Å². The van der Waals surface area contributed by atoms with Gasteiger partial charge in [0.1, 0.15) is 25.1 Å². The maximum absolute atomic E-state index is 10.5. The molecule has 0 aromatic carbocycles. The molecule has 0 aliphatic rings. The van der Waals surface area contributed by atoms with Crippen LogP contribution >= 0.6 is 34.9 Å². The lowest BCUT2D eigenvalue weighted by atomic mass is 10.2. The van der Waals surface area contributed by atoms with Crippen molar-refractivity contribution in [2.24, 2.45) is 0 Å². The van der Waals surface area contributed by atoms with Gasteiger partial charge < -0.3 is 19.2 Å². The number of carbonyl (C=O) groups excluding carboxylic acids is 4. The van der Waals surface area contributed by atoms with Crippen molar-refractivity contribution in [2.75, 3.05) is 0 Å². The van der Waals surface area contributed by atoms with Crippen LogP contribution in [0.4, 0.5) is 0 Å². The lowest BCUT2D eigenvalue weighted by Gasteiger charge is -2.07. The summed E-state index contributed by atoms with van der Waals surface area (Å²) >= 11 is 4.02. The molecule has 0 saturated heterocycles. The molecule has 0 spiro atoms. The van der Waals surface area contributed by atoms with Gasteiger partial charge in [0.2, 0.25) is 0 Å². The summed E-state index contributed by atoms with van der Waals surface area (Å²) in [5, 5.41) is 7.73. The maximum Gasteiger partial charge on any atom is 0.175 e. The van der Waals surface area contributed by atoms with Crippen LogP contribution in [0.3, 0.4) is 0 Å². The fourth-order valence-electron chi connectivity index (χ4n) is 1.39. The van der Waals surface area contributed by atoms with Crippen LogP contribution in [0.5, 0.6) is 0 Å². The summed E-state index contributed by atoms with van der Waals surface area (Å²) in [5.41, 5.74) is 0. The highest BCUT2D eigenvalue weighted by Crippen LogP contribution is 2.35. The topological polar surface area (TPSA) is 94.1 Å². The van der Waals surface area contributed by atoms with E-state index in [1.54, 1.807) is 0 Å². The van der Waals surface area contributed by atoms with Crippen LogP contribution in [0.15, 0.2) is 8.68 Å². The third-order valence-electron chi connectivity index (χ3n) is 2.36. The standard InChI is InChI=1S/C12H14N2O4S3/c15-5-1-9(2-6-16)19-11-13-14-12(21-11)20-10(3-7-17)4-8-18/h5-10H,1-4H2. The zero-order chi connectivity index (χ0) is 15.5. The molecule has 0 unspecified atom stereocenters. The molecule has 0 bridgehead atoms. The molecular weight excluding hydrogens is 332 g/mol. The summed E-state index contributed by atoms with van der Waals surface area (Å²) in [6.07, 6.45) is 4.25. The van der Waals surface area contributed by atoms with Gasteiger partial charge in [-0.1, -0.05) is 34.9 Å². The first-order valence-corrected chi connectivity index (χ1v) is 8.72. The molecule has 114 valence electrons. The van der Waals surface area contributed by atoms with Gasteiger partial charge in [-0.3, -0.25) is 0 Å². The Kier molecular flexibility index (Phi) is 9.11. The normalized spacial score (nSPS) is 10.8. The number of hydrogen-bond donors (Lipinski definition) is 0. The molecule has 0 amide bonds. The van der Waals surface area contributed by atoms with E-state index in [2.05, 4.69) is 10.2 Å². The molecule has 1 heterocycles. The Labute approximate surface area is 134 Å². The minimum atomic E-state index is -0.133. The van der Waals surface area contributed by atoms with E-state index in [0.717, 1.165) is 25.1 Å². The van der Waals surface area contributed by atoms with E-state index in [4.69, 9.17) is 0 Å². The first kappa shape index (κ1) is 18.0. The summed E-state index contributed by atoms with van der Waals surface area (Å²) in [6.45, 7) is 0. The highest BCUT2D eigenvalue weighted by Gasteiger charge is 2.16. The van der Waals surface area contributed by atoms with Gasteiger partial charge in [0.15, 0.2) is 8.68 Å². The average molecular weight is 346 g/mol. The molecule has 21 heavy (non-hydrogen) atoms. The van der Waals surface area contributed by atoms with Gasteiger partial charge in [-0.25, -0.2) is 0 Å².